The topological polar surface area (TPSA) is 83.5 Å². The van der Waals surface area contributed by atoms with E-state index in [1.807, 2.05) is 19.1 Å². The first kappa shape index (κ1) is 13.5. The fraction of sp³-hybridized carbons (Fsp3) is 0.462. The van der Waals surface area contributed by atoms with Crippen molar-refractivity contribution in [2.24, 2.45) is 11.7 Å². The summed E-state index contributed by atoms with van der Waals surface area (Å²) in [6.07, 6.45) is 1.17. The van der Waals surface area contributed by atoms with Crippen LogP contribution in [0.3, 0.4) is 0 Å². The van der Waals surface area contributed by atoms with Crippen molar-refractivity contribution >= 4 is 5.97 Å². The van der Waals surface area contributed by atoms with Gasteiger partial charge in [-0.15, -0.1) is 0 Å². The molecule has 0 saturated carbocycles. The van der Waals surface area contributed by atoms with E-state index < -0.39 is 11.5 Å². The first-order valence-electron chi connectivity index (χ1n) is 5.61. The van der Waals surface area contributed by atoms with Crippen LogP contribution in [0.4, 0.5) is 0 Å². The van der Waals surface area contributed by atoms with Crippen LogP contribution in [0.15, 0.2) is 24.3 Å². The van der Waals surface area contributed by atoms with Crippen LogP contribution in [0.25, 0.3) is 0 Å². The van der Waals surface area contributed by atoms with E-state index in [0.29, 0.717) is 6.42 Å². The SMILES string of the molecule is CC(Cc1ccc(O)cc1)CC(C)(N)C(=O)O. The van der Waals surface area contributed by atoms with Gasteiger partial charge in [-0.1, -0.05) is 19.1 Å². The van der Waals surface area contributed by atoms with Crippen molar-refractivity contribution in [1.82, 2.24) is 0 Å². The Morgan fingerprint density at radius 2 is 1.94 bits per heavy atom. The molecule has 2 unspecified atom stereocenters. The molecule has 1 aromatic rings. The number of hydrogen-bond donors (Lipinski definition) is 3. The minimum absolute atomic E-state index is 0.172. The molecule has 1 rings (SSSR count). The first-order chi connectivity index (χ1) is 7.81. The molecular weight excluding hydrogens is 218 g/mol. The zero-order chi connectivity index (χ0) is 13.1. The molecule has 1 aromatic carbocycles. The number of benzene rings is 1. The maximum absolute atomic E-state index is 10.9. The van der Waals surface area contributed by atoms with Crippen LogP contribution < -0.4 is 5.73 Å². The highest BCUT2D eigenvalue weighted by molar-refractivity contribution is 5.77. The summed E-state index contributed by atoms with van der Waals surface area (Å²) in [5.74, 6) is -0.573. The molecule has 0 heterocycles. The predicted molar refractivity (Wildman–Crippen MR) is 65.8 cm³/mol. The Hall–Kier alpha value is -1.55. The van der Waals surface area contributed by atoms with Crippen LogP contribution in [0, 0.1) is 5.92 Å². The van der Waals surface area contributed by atoms with Crippen molar-refractivity contribution in [3.63, 3.8) is 0 Å². The van der Waals surface area contributed by atoms with Gasteiger partial charge in [-0.05, 0) is 43.4 Å². The van der Waals surface area contributed by atoms with Crippen LogP contribution in [-0.4, -0.2) is 21.7 Å². The van der Waals surface area contributed by atoms with Gasteiger partial charge in [0.1, 0.15) is 11.3 Å². The Morgan fingerprint density at radius 1 is 1.41 bits per heavy atom. The Bertz CT molecular complexity index is 384. The molecule has 0 radical (unpaired) electrons. The average Bonchev–Trinajstić information content (AvgIpc) is 2.20. The fourth-order valence-corrected chi connectivity index (χ4v) is 1.92. The Labute approximate surface area is 101 Å². The third kappa shape index (κ3) is 4.07. The molecule has 0 bridgehead atoms. The minimum Gasteiger partial charge on any atom is -0.508 e. The molecule has 4 N–H and O–H groups in total. The lowest BCUT2D eigenvalue weighted by molar-refractivity contribution is -0.143. The van der Waals surface area contributed by atoms with Gasteiger partial charge in [0.25, 0.3) is 0 Å². The van der Waals surface area contributed by atoms with Gasteiger partial charge in [0.15, 0.2) is 0 Å². The third-order valence-corrected chi connectivity index (χ3v) is 2.78. The zero-order valence-electron chi connectivity index (χ0n) is 10.2. The molecule has 94 valence electrons. The van der Waals surface area contributed by atoms with Crippen molar-refractivity contribution in [2.45, 2.75) is 32.2 Å². The van der Waals surface area contributed by atoms with Crippen LogP contribution >= 0.6 is 0 Å². The molecule has 0 aliphatic heterocycles. The molecule has 4 heteroatoms. The molecule has 0 aliphatic rings. The summed E-state index contributed by atoms with van der Waals surface area (Å²) < 4.78 is 0. The van der Waals surface area contributed by atoms with Gasteiger partial charge in [-0.2, -0.15) is 0 Å². The van der Waals surface area contributed by atoms with Gasteiger partial charge in [-0.3, -0.25) is 4.79 Å². The average molecular weight is 237 g/mol. The lowest BCUT2D eigenvalue weighted by atomic mass is 9.87. The highest BCUT2D eigenvalue weighted by atomic mass is 16.4. The maximum Gasteiger partial charge on any atom is 0.323 e. The van der Waals surface area contributed by atoms with E-state index in [9.17, 15) is 4.79 Å². The molecule has 0 amide bonds. The monoisotopic (exact) mass is 237 g/mol. The number of nitrogens with two attached hydrogens (primary N) is 1. The number of carboxylic acids is 1. The van der Waals surface area contributed by atoms with Crippen LogP contribution in [0.1, 0.15) is 25.8 Å². The largest absolute Gasteiger partial charge is 0.508 e. The molecule has 0 aromatic heterocycles. The number of aromatic hydroxyl groups is 1. The van der Waals surface area contributed by atoms with E-state index in [1.54, 1.807) is 12.1 Å². The molecule has 0 saturated heterocycles. The summed E-state index contributed by atoms with van der Waals surface area (Å²) in [7, 11) is 0. The molecule has 0 fully saturated rings. The highest BCUT2D eigenvalue weighted by Gasteiger charge is 2.29. The summed E-state index contributed by atoms with van der Waals surface area (Å²) >= 11 is 0. The second-order valence-electron chi connectivity index (χ2n) is 4.90. The van der Waals surface area contributed by atoms with Crippen molar-refractivity contribution in [2.75, 3.05) is 0 Å². The normalized spacial score (nSPS) is 16.2. The Kier molecular flexibility index (Phi) is 4.12. The van der Waals surface area contributed by atoms with Gasteiger partial charge < -0.3 is 15.9 Å². The Morgan fingerprint density at radius 3 is 2.41 bits per heavy atom. The van der Waals surface area contributed by atoms with Gasteiger partial charge in [0, 0.05) is 0 Å². The number of rotatable bonds is 5. The highest BCUT2D eigenvalue weighted by Crippen LogP contribution is 2.20. The number of phenols is 1. The Balaban J connectivity index is 2.58. The quantitative estimate of drug-likeness (QED) is 0.728. The van der Waals surface area contributed by atoms with Crippen LogP contribution in [0.5, 0.6) is 5.75 Å². The fourth-order valence-electron chi connectivity index (χ4n) is 1.92. The second kappa shape index (κ2) is 5.19. The van der Waals surface area contributed by atoms with Crippen LogP contribution in [-0.2, 0) is 11.2 Å². The number of phenolic OH excluding ortho intramolecular Hbond substituents is 1. The van der Waals surface area contributed by atoms with E-state index in [-0.39, 0.29) is 11.7 Å². The first-order valence-corrected chi connectivity index (χ1v) is 5.61. The van der Waals surface area contributed by atoms with E-state index in [0.717, 1.165) is 12.0 Å². The summed E-state index contributed by atoms with van der Waals surface area (Å²) in [5.41, 5.74) is 5.58. The minimum atomic E-state index is -1.18. The summed E-state index contributed by atoms with van der Waals surface area (Å²) in [6, 6.07) is 6.92. The van der Waals surface area contributed by atoms with Gasteiger partial charge in [0.2, 0.25) is 0 Å². The lowest BCUT2D eigenvalue weighted by Crippen LogP contribution is -2.46. The van der Waals surface area contributed by atoms with Crippen LogP contribution in [0.2, 0.25) is 0 Å². The van der Waals surface area contributed by atoms with E-state index in [4.69, 9.17) is 15.9 Å². The van der Waals surface area contributed by atoms with Crippen molar-refractivity contribution in [1.29, 1.82) is 0 Å². The molecule has 4 nitrogen and oxygen atoms in total. The number of carbonyl (C=O) groups is 1. The molecule has 17 heavy (non-hydrogen) atoms. The second-order valence-corrected chi connectivity index (χ2v) is 4.90. The van der Waals surface area contributed by atoms with E-state index in [1.165, 1.54) is 6.92 Å². The zero-order valence-corrected chi connectivity index (χ0v) is 10.2. The van der Waals surface area contributed by atoms with Crippen molar-refractivity contribution in [3.05, 3.63) is 29.8 Å². The number of aliphatic carboxylic acids is 1. The maximum atomic E-state index is 10.9. The van der Waals surface area contributed by atoms with Gasteiger partial charge in [0.05, 0.1) is 0 Å². The third-order valence-electron chi connectivity index (χ3n) is 2.78. The summed E-state index contributed by atoms with van der Waals surface area (Å²) in [6.45, 7) is 3.50. The van der Waals surface area contributed by atoms with Gasteiger partial charge in [-0.25, -0.2) is 0 Å². The molecular formula is C13H19NO3. The van der Waals surface area contributed by atoms with Crippen molar-refractivity contribution in [3.8, 4) is 5.75 Å². The van der Waals surface area contributed by atoms with E-state index >= 15 is 0 Å². The molecule has 0 spiro atoms. The summed E-state index contributed by atoms with van der Waals surface area (Å²) in [5, 5.41) is 18.1. The van der Waals surface area contributed by atoms with Gasteiger partial charge >= 0.3 is 5.97 Å². The summed E-state index contributed by atoms with van der Waals surface area (Å²) in [4.78, 5) is 10.9. The smallest absolute Gasteiger partial charge is 0.323 e. The lowest BCUT2D eigenvalue weighted by Gasteiger charge is -2.23. The molecule has 0 aliphatic carbocycles. The number of carboxylic acid groups (broad SMARTS) is 1. The number of hydrogen-bond acceptors (Lipinski definition) is 3. The standard InChI is InChI=1S/C13H19NO3/c1-9(8-13(2,14)12(16)17)7-10-3-5-11(15)6-4-10/h3-6,9,15H,7-8,14H2,1-2H3,(H,16,17). The van der Waals surface area contributed by atoms with E-state index in [2.05, 4.69) is 0 Å². The predicted octanol–water partition coefficient (Wildman–Crippen LogP) is 1.76. The van der Waals surface area contributed by atoms with Crippen molar-refractivity contribution < 1.29 is 15.0 Å². The molecule has 2 atom stereocenters.